The second-order valence-electron chi connectivity index (χ2n) is 6.03. The fraction of sp³-hybridized carbons (Fsp3) is 0.846. The van der Waals surface area contributed by atoms with E-state index in [4.69, 9.17) is 9.47 Å². The van der Waals surface area contributed by atoms with Crippen molar-refractivity contribution in [1.29, 1.82) is 0 Å². The molecule has 5 nitrogen and oxygen atoms in total. The zero-order valence-electron chi connectivity index (χ0n) is 11.6. The SMILES string of the molecule is CC(C)(C)OC(=O)NC(C=O)C1(C)CCOCC1. The molecule has 1 N–H and O–H groups in total. The monoisotopic (exact) mass is 257 g/mol. The summed E-state index contributed by atoms with van der Waals surface area (Å²) in [6, 6.07) is -0.531. The number of nitrogens with one attached hydrogen (secondary N) is 1. The van der Waals surface area contributed by atoms with Gasteiger partial charge in [0.15, 0.2) is 0 Å². The van der Waals surface area contributed by atoms with E-state index in [0.29, 0.717) is 13.2 Å². The van der Waals surface area contributed by atoms with E-state index in [9.17, 15) is 9.59 Å². The van der Waals surface area contributed by atoms with Crippen LogP contribution in [0, 0.1) is 5.41 Å². The van der Waals surface area contributed by atoms with E-state index in [0.717, 1.165) is 19.1 Å². The van der Waals surface area contributed by atoms with Gasteiger partial charge in [-0.2, -0.15) is 0 Å². The van der Waals surface area contributed by atoms with Crippen LogP contribution in [0.25, 0.3) is 0 Å². The first-order valence-electron chi connectivity index (χ1n) is 6.29. The normalized spacial score (nSPS) is 20.9. The molecule has 1 unspecified atom stereocenters. The molecule has 0 aromatic heterocycles. The van der Waals surface area contributed by atoms with Crippen LogP contribution in [0.1, 0.15) is 40.5 Å². The Kier molecular flexibility index (Phi) is 4.73. The molecule has 1 fully saturated rings. The molecular formula is C13H23NO4. The van der Waals surface area contributed by atoms with E-state index in [1.165, 1.54) is 0 Å². The van der Waals surface area contributed by atoms with Crippen molar-refractivity contribution >= 4 is 12.4 Å². The zero-order valence-corrected chi connectivity index (χ0v) is 11.6. The second kappa shape index (κ2) is 5.69. The van der Waals surface area contributed by atoms with Gasteiger partial charge >= 0.3 is 6.09 Å². The van der Waals surface area contributed by atoms with E-state index < -0.39 is 17.7 Å². The summed E-state index contributed by atoms with van der Waals surface area (Å²) in [6.45, 7) is 8.61. The highest BCUT2D eigenvalue weighted by Crippen LogP contribution is 2.32. The van der Waals surface area contributed by atoms with Crippen molar-refractivity contribution in [3.05, 3.63) is 0 Å². The topological polar surface area (TPSA) is 64.6 Å². The van der Waals surface area contributed by atoms with Crippen LogP contribution in [0.2, 0.25) is 0 Å². The number of amides is 1. The van der Waals surface area contributed by atoms with Gasteiger partial charge in [0.25, 0.3) is 0 Å². The van der Waals surface area contributed by atoms with Gasteiger partial charge in [-0.1, -0.05) is 6.92 Å². The van der Waals surface area contributed by atoms with Crippen molar-refractivity contribution < 1.29 is 19.1 Å². The van der Waals surface area contributed by atoms with Crippen LogP contribution < -0.4 is 5.32 Å². The Balaban J connectivity index is 2.61. The van der Waals surface area contributed by atoms with Gasteiger partial charge in [0.1, 0.15) is 11.9 Å². The number of alkyl carbamates (subject to hydrolysis) is 1. The van der Waals surface area contributed by atoms with Gasteiger partial charge in [-0.05, 0) is 39.0 Å². The number of carbonyl (C=O) groups excluding carboxylic acids is 2. The minimum atomic E-state index is -0.561. The van der Waals surface area contributed by atoms with Crippen LogP contribution >= 0.6 is 0 Å². The third kappa shape index (κ3) is 4.29. The van der Waals surface area contributed by atoms with Crippen LogP contribution in [0.5, 0.6) is 0 Å². The molecule has 5 heteroatoms. The van der Waals surface area contributed by atoms with E-state index in [1.807, 2.05) is 6.92 Å². The van der Waals surface area contributed by atoms with Crippen molar-refractivity contribution in [2.75, 3.05) is 13.2 Å². The smallest absolute Gasteiger partial charge is 0.408 e. The molecular weight excluding hydrogens is 234 g/mol. The Morgan fingerprint density at radius 1 is 1.39 bits per heavy atom. The Hall–Kier alpha value is -1.10. The van der Waals surface area contributed by atoms with Crippen molar-refractivity contribution in [2.24, 2.45) is 5.41 Å². The largest absolute Gasteiger partial charge is 0.444 e. The number of hydrogen-bond donors (Lipinski definition) is 1. The highest BCUT2D eigenvalue weighted by molar-refractivity contribution is 5.74. The summed E-state index contributed by atoms with van der Waals surface area (Å²) >= 11 is 0. The quantitative estimate of drug-likeness (QED) is 0.784. The maximum atomic E-state index is 11.7. The maximum absolute atomic E-state index is 11.7. The number of carbonyl (C=O) groups is 2. The van der Waals surface area contributed by atoms with Crippen LogP contribution in [-0.2, 0) is 14.3 Å². The number of hydrogen-bond acceptors (Lipinski definition) is 4. The van der Waals surface area contributed by atoms with Gasteiger partial charge in [-0.25, -0.2) is 4.79 Å². The summed E-state index contributed by atoms with van der Waals surface area (Å²) in [7, 11) is 0. The van der Waals surface area contributed by atoms with Crippen LogP contribution in [0.3, 0.4) is 0 Å². The predicted octanol–water partition coefficient (Wildman–Crippen LogP) is 1.90. The van der Waals surface area contributed by atoms with Crippen molar-refractivity contribution in [2.45, 2.75) is 52.2 Å². The molecule has 18 heavy (non-hydrogen) atoms. The van der Waals surface area contributed by atoms with Crippen LogP contribution in [0.15, 0.2) is 0 Å². The standard InChI is InChI=1S/C13H23NO4/c1-12(2,3)18-11(16)14-10(9-15)13(4)5-7-17-8-6-13/h9-10H,5-8H2,1-4H3,(H,14,16). The highest BCUT2D eigenvalue weighted by Gasteiger charge is 2.37. The molecule has 1 atom stereocenters. The zero-order chi connectivity index (χ0) is 13.8. The first-order valence-corrected chi connectivity index (χ1v) is 6.29. The molecule has 0 aliphatic carbocycles. The fourth-order valence-electron chi connectivity index (χ4n) is 1.96. The third-order valence-electron chi connectivity index (χ3n) is 3.19. The van der Waals surface area contributed by atoms with E-state index in [-0.39, 0.29) is 5.41 Å². The summed E-state index contributed by atoms with van der Waals surface area (Å²) in [4.78, 5) is 22.9. The van der Waals surface area contributed by atoms with E-state index in [1.54, 1.807) is 20.8 Å². The lowest BCUT2D eigenvalue weighted by Crippen LogP contribution is -2.51. The Bertz CT molecular complexity index is 303. The van der Waals surface area contributed by atoms with Crippen molar-refractivity contribution in [3.63, 3.8) is 0 Å². The molecule has 0 spiro atoms. The number of aldehydes is 1. The molecule has 104 valence electrons. The van der Waals surface area contributed by atoms with Gasteiger partial charge in [-0.15, -0.1) is 0 Å². The lowest BCUT2D eigenvalue weighted by Gasteiger charge is -2.38. The molecule has 1 rings (SSSR count). The van der Waals surface area contributed by atoms with Gasteiger partial charge in [0.2, 0.25) is 0 Å². The molecule has 1 heterocycles. The summed E-state index contributed by atoms with van der Waals surface area (Å²) in [5.74, 6) is 0. The molecule has 1 amide bonds. The van der Waals surface area contributed by atoms with E-state index >= 15 is 0 Å². The number of ether oxygens (including phenoxy) is 2. The third-order valence-corrected chi connectivity index (χ3v) is 3.19. The summed E-state index contributed by atoms with van der Waals surface area (Å²) < 4.78 is 10.5. The Morgan fingerprint density at radius 2 is 1.94 bits per heavy atom. The fourth-order valence-corrected chi connectivity index (χ4v) is 1.96. The van der Waals surface area contributed by atoms with Crippen molar-refractivity contribution in [1.82, 2.24) is 5.32 Å². The molecule has 1 saturated heterocycles. The van der Waals surface area contributed by atoms with Crippen LogP contribution in [0.4, 0.5) is 4.79 Å². The average Bonchev–Trinajstić information content (AvgIpc) is 2.24. The van der Waals surface area contributed by atoms with Gasteiger partial charge < -0.3 is 19.6 Å². The van der Waals surface area contributed by atoms with Crippen molar-refractivity contribution in [3.8, 4) is 0 Å². The van der Waals surface area contributed by atoms with Gasteiger partial charge in [-0.3, -0.25) is 0 Å². The van der Waals surface area contributed by atoms with E-state index in [2.05, 4.69) is 5.32 Å². The number of rotatable bonds is 3. The highest BCUT2D eigenvalue weighted by atomic mass is 16.6. The minimum absolute atomic E-state index is 0.253. The van der Waals surface area contributed by atoms with Gasteiger partial charge in [0.05, 0.1) is 6.04 Å². The first kappa shape index (κ1) is 15.0. The minimum Gasteiger partial charge on any atom is -0.444 e. The van der Waals surface area contributed by atoms with Crippen LogP contribution in [-0.4, -0.2) is 37.2 Å². The Morgan fingerprint density at radius 3 is 2.39 bits per heavy atom. The molecule has 1 aliphatic rings. The molecule has 0 aromatic rings. The lowest BCUT2D eigenvalue weighted by atomic mass is 9.76. The molecule has 0 saturated carbocycles. The van der Waals surface area contributed by atoms with Gasteiger partial charge in [0, 0.05) is 13.2 Å². The molecule has 0 bridgehead atoms. The maximum Gasteiger partial charge on any atom is 0.408 e. The lowest BCUT2D eigenvalue weighted by molar-refractivity contribution is -0.114. The average molecular weight is 257 g/mol. The molecule has 1 aliphatic heterocycles. The first-order chi connectivity index (χ1) is 8.27. The molecule has 0 aromatic carbocycles. The Labute approximate surface area is 108 Å². The second-order valence-corrected chi connectivity index (χ2v) is 6.03. The summed E-state index contributed by atoms with van der Waals surface area (Å²) in [5.41, 5.74) is -0.814. The molecule has 0 radical (unpaired) electrons. The predicted molar refractivity (Wildman–Crippen MR) is 67.4 cm³/mol. The summed E-state index contributed by atoms with van der Waals surface area (Å²) in [6.07, 6.45) is 1.75. The summed E-state index contributed by atoms with van der Waals surface area (Å²) in [5, 5.41) is 2.65.